The van der Waals surface area contributed by atoms with Crippen LogP contribution in [0.25, 0.3) is 0 Å². The fraction of sp³-hybridized carbons (Fsp3) is 0.353. The molecule has 24 heavy (non-hydrogen) atoms. The Labute approximate surface area is 139 Å². The number of aliphatic carboxylic acids is 1. The lowest BCUT2D eigenvalue weighted by atomic mass is 10.0. The van der Waals surface area contributed by atoms with E-state index in [9.17, 15) is 9.59 Å². The standard InChI is InChI=1S/C17H19N3O4/c1-24-14-5-3-2-4-12(14)13-10-19-9-8-18-15(19)11-20(13)16(21)6-7-17(22)23/h2-5,8-9,13H,6-7,10-11H2,1H3,(H,22,23)/t13-/m1/s1. The van der Waals surface area contributed by atoms with Crippen molar-refractivity contribution >= 4 is 11.9 Å². The summed E-state index contributed by atoms with van der Waals surface area (Å²) in [6, 6.07) is 7.36. The van der Waals surface area contributed by atoms with Crippen LogP contribution in [0, 0.1) is 0 Å². The van der Waals surface area contributed by atoms with E-state index < -0.39 is 5.97 Å². The highest BCUT2D eigenvalue weighted by Gasteiger charge is 2.32. The smallest absolute Gasteiger partial charge is 0.303 e. The molecule has 7 heteroatoms. The topological polar surface area (TPSA) is 84.7 Å². The Morgan fingerprint density at radius 3 is 2.88 bits per heavy atom. The maximum Gasteiger partial charge on any atom is 0.303 e. The van der Waals surface area contributed by atoms with Crippen molar-refractivity contribution in [2.24, 2.45) is 0 Å². The molecule has 0 radical (unpaired) electrons. The highest BCUT2D eigenvalue weighted by Crippen LogP contribution is 2.34. The molecule has 7 nitrogen and oxygen atoms in total. The number of carbonyl (C=O) groups excluding carboxylic acids is 1. The summed E-state index contributed by atoms with van der Waals surface area (Å²) in [5.74, 6) is 0.338. The maximum absolute atomic E-state index is 12.6. The van der Waals surface area contributed by atoms with Gasteiger partial charge < -0.3 is 19.3 Å². The summed E-state index contributed by atoms with van der Waals surface area (Å²) in [5, 5.41) is 8.84. The van der Waals surface area contributed by atoms with Crippen molar-refractivity contribution < 1.29 is 19.4 Å². The van der Waals surface area contributed by atoms with Gasteiger partial charge in [-0.2, -0.15) is 0 Å². The van der Waals surface area contributed by atoms with E-state index in [1.165, 1.54) is 0 Å². The molecule has 0 bridgehead atoms. The molecule has 126 valence electrons. The normalized spacial score (nSPS) is 16.5. The number of benzene rings is 1. The largest absolute Gasteiger partial charge is 0.496 e. The van der Waals surface area contributed by atoms with Crippen LogP contribution >= 0.6 is 0 Å². The number of carboxylic acid groups (broad SMARTS) is 1. The van der Waals surface area contributed by atoms with Crippen molar-refractivity contribution in [2.45, 2.75) is 32.0 Å². The minimum Gasteiger partial charge on any atom is -0.496 e. The van der Waals surface area contributed by atoms with Crippen LogP contribution < -0.4 is 4.74 Å². The fourth-order valence-corrected chi connectivity index (χ4v) is 3.03. The van der Waals surface area contributed by atoms with Gasteiger partial charge in [0.1, 0.15) is 11.6 Å². The molecule has 0 aliphatic carbocycles. The van der Waals surface area contributed by atoms with Crippen LogP contribution in [-0.4, -0.2) is 38.5 Å². The van der Waals surface area contributed by atoms with Crippen molar-refractivity contribution in [1.29, 1.82) is 0 Å². The van der Waals surface area contributed by atoms with Gasteiger partial charge in [0, 0.05) is 30.9 Å². The quantitative estimate of drug-likeness (QED) is 0.905. The third kappa shape index (κ3) is 3.10. The van der Waals surface area contributed by atoms with Gasteiger partial charge in [0.15, 0.2) is 0 Å². The number of nitrogens with zero attached hydrogens (tertiary/aromatic N) is 3. The first-order valence-corrected chi connectivity index (χ1v) is 7.74. The second-order valence-electron chi connectivity index (χ2n) is 5.67. The van der Waals surface area contributed by atoms with E-state index in [2.05, 4.69) is 4.98 Å². The predicted molar refractivity (Wildman–Crippen MR) is 85.4 cm³/mol. The van der Waals surface area contributed by atoms with Crippen LogP contribution in [0.4, 0.5) is 0 Å². The predicted octanol–water partition coefficient (Wildman–Crippen LogP) is 1.84. The van der Waals surface area contributed by atoms with E-state index in [0.29, 0.717) is 18.8 Å². The lowest BCUT2D eigenvalue weighted by Gasteiger charge is -2.37. The van der Waals surface area contributed by atoms with E-state index in [1.54, 1.807) is 18.2 Å². The second kappa shape index (κ2) is 6.74. The number of ether oxygens (including phenoxy) is 1. The van der Waals surface area contributed by atoms with Crippen molar-refractivity contribution in [3.63, 3.8) is 0 Å². The van der Waals surface area contributed by atoms with E-state index >= 15 is 0 Å². The zero-order valence-electron chi connectivity index (χ0n) is 13.4. The van der Waals surface area contributed by atoms with Crippen molar-refractivity contribution in [2.75, 3.05) is 7.11 Å². The zero-order chi connectivity index (χ0) is 17.1. The minimum atomic E-state index is -0.976. The third-order valence-corrected chi connectivity index (χ3v) is 4.23. The van der Waals surface area contributed by atoms with Crippen LogP contribution in [0.1, 0.15) is 30.3 Å². The van der Waals surface area contributed by atoms with Gasteiger partial charge in [0.05, 0.1) is 26.1 Å². The van der Waals surface area contributed by atoms with E-state index in [4.69, 9.17) is 9.84 Å². The van der Waals surface area contributed by atoms with E-state index in [1.807, 2.05) is 35.0 Å². The molecule has 0 saturated carbocycles. The molecule has 0 fully saturated rings. The van der Waals surface area contributed by atoms with Gasteiger partial charge in [-0.3, -0.25) is 9.59 Å². The highest BCUT2D eigenvalue weighted by atomic mass is 16.5. The molecule has 0 spiro atoms. The molecular weight excluding hydrogens is 310 g/mol. The minimum absolute atomic E-state index is 0.0261. The number of amides is 1. The SMILES string of the molecule is COc1ccccc1[C@H]1Cn2ccnc2CN1C(=O)CCC(=O)O. The number of imidazole rings is 1. The van der Waals surface area contributed by atoms with Gasteiger partial charge in [-0.25, -0.2) is 4.98 Å². The average molecular weight is 329 g/mol. The Morgan fingerprint density at radius 1 is 1.33 bits per heavy atom. The Bertz CT molecular complexity index is 756. The first-order valence-electron chi connectivity index (χ1n) is 7.74. The monoisotopic (exact) mass is 329 g/mol. The summed E-state index contributed by atoms with van der Waals surface area (Å²) in [4.78, 5) is 29.4. The molecule has 1 aliphatic rings. The van der Waals surface area contributed by atoms with Gasteiger partial charge in [-0.15, -0.1) is 0 Å². The molecule has 1 aromatic carbocycles. The molecule has 2 aromatic rings. The molecule has 3 rings (SSSR count). The Hall–Kier alpha value is -2.83. The van der Waals surface area contributed by atoms with Gasteiger partial charge in [-0.1, -0.05) is 18.2 Å². The van der Waals surface area contributed by atoms with Crippen LogP contribution in [0.15, 0.2) is 36.7 Å². The number of carboxylic acids is 1. The number of hydrogen-bond acceptors (Lipinski definition) is 4. The molecule has 2 heterocycles. The van der Waals surface area contributed by atoms with Crippen LogP contribution in [0.3, 0.4) is 0 Å². The number of fused-ring (bicyclic) bond motifs is 1. The van der Waals surface area contributed by atoms with Crippen molar-refractivity contribution in [1.82, 2.24) is 14.5 Å². The number of aromatic nitrogens is 2. The van der Waals surface area contributed by atoms with Crippen LogP contribution in [-0.2, 0) is 22.7 Å². The summed E-state index contributed by atoms with van der Waals surface area (Å²) in [5.41, 5.74) is 0.906. The third-order valence-electron chi connectivity index (χ3n) is 4.23. The van der Waals surface area contributed by atoms with E-state index in [-0.39, 0.29) is 24.8 Å². The summed E-state index contributed by atoms with van der Waals surface area (Å²) in [6.07, 6.45) is 3.39. The molecule has 1 atom stereocenters. The summed E-state index contributed by atoms with van der Waals surface area (Å²) < 4.78 is 7.45. The first kappa shape index (κ1) is 16.0. The molecule has 0 unspecified atom stereocenters. The highest BCUT2D eigenvalue weighted by molar-refractivity contribution is 5.81. The molecular formula is C17H19N3O4. The number of rotatable bonds is 5. The number of methoxy groups -OCH3 is 1. The summed E-state index contributed by atoms with van der Waals surface area (Å²) in [7, 11) is 1.60. The molecule has 0 saturated heterocycles. The molecule has 1 N–H and O–H groups in total. The summed E-state index contributed by atoms with van der Waals surface area (Å²) >= 11 is 0. The number of para-hydroxylation sites is 1. The van der Waals surface area contributed by atoms with Crippen LogP contribution in [0.5, 0.6) is 5.75 Å². The lowest BCUT2D eigenvalue weighted by molar-refractivity contribution is -0.142. The van der Waals surface area contributed by atoms with Crippen molar-refractivity contribution in [3.8, 4) is 5.75 Å². The summed E-state index contributed by atoms with van der Waals surface area (Å²) in [6.45, 7) is 0.919. The first-order chi connectivity index (χ1) is 11.6. The number of hydrogen-bond donors (Lipinski definition) is 1. The van der Waals surface area contributed by atoms with Gasteiger partial charge in [-0.05, 0) is 6.07 Å². The van der Waals surface area contributed by atoms with Gasteiger partial charge in [0.2, 0.25) is 5.91 Å². The second-order valence-corrected chi connectivity index (χ2v) is 5.67. The molecule has 1 aliphatic heterocycles. The lowest BCUT2D eigenvalue weighted by Crippen LogP contribution is -2.41. The fourth-order valence-electron chi connectivity index (χ4n) is 3.03. The Balaban J connectivity index is 1.94. The van der Waals surface area contributed by atoms with Gasteiger partial charge in [0.25, 0.3) is 0 Å². The van der Waals surface area contributed by atoms with E-state index in [0.717, 1.165) is 11.4 Å². The van der Waals surface area contributed by atoms with Crippen molar-refractivity contribution in [3.05, 3.63) is 48.0 Å². The Morgan fingerprint density at radius 2 is 2.12 bits per heavy atom. The molecule has 1 amide bonds. The Kier molecular flexibility index (Phi) is 4.50. The zero-order valence-corrected chi connectivity index (χ0v) is 13.4. The average Bonchev–Trinajstić information content (AvgIpc) is 3.05. The van der Waals surface area contributed by atoms with Gasteiger partial charge >= 0.3 is 5.97 Å². The maximum atomic E-state index is 12.6. The number of carbonyl (C=O) groups is 2. The van der Waals surface area contributed by atoms with Crippen LogP contribution in [0.2, 0.25) is 0 Å². The molecule has 1 aromatic heterocycles.